The van der Waals surface area contributed by atoms with Crippen LogP contribution >= 0.6 is 15.9 Å². The van der Waals surface area contributed by atoms with Crippen molar-refractivity contribution in [3.8, 4) is 0 Å². The van der Waals surface area contributed by atoms with Crippen LogP contribution in [0.5, 0.6) is 0 Å². The zero-order valence-electron chi connectivity index (χ0n) is 9.12. The Hall–Kier alpha value is -0.880. The highest BCUT2D eigenvalue weighted by atomic mass is 79.9. The lowest BCUT2D eigenvalue weighted by Gasteiger charge is -2.19. The van der Waals surface area contributed by atoms with Gasteiger partial charge in [0.15, 0.2) is 0 Å². The highest BCUT2D eigenvalue weighted by molar-refractivity contribution is 9.10. The number of hydrogen-bond donors (Lipinski definition) is 1. The van der Waals surface area contributed by atoms with Gasteiger partial charge >= 0.3 is 0 Å². The third-order valence-corrected chi connectivity index (χ3v) is 2.50. The maximum Gasteiger partial charge on any atom is 0.224 e. The first-order valence-electron chi connectivity index (χ1n) is 4.59. The van der Waals surface area contributed by atoms with E-state index in [1.807, 2.05) is 11.9 Å². The van der Waals surface area contributed by atoms with E-state index in [0.29, 0.717) is 12.6 Å². The minimum Gasteiger partial charge on any atom is -0.383 e. The second-order valence-electron chi connectivity index (χ2n) is 3.03. The van der Waals surface area contributed by atoms with Crippen LogP contribution in [0.4, 0.5) is 11.8 Å². The van der Waals surface area contributed by atoms with Crippen LogP contribution in [-0.4, -0.2) is 44.3 Å². The van der Waals surface area contributed by atoms with Gasteiger partial charge in [-0.15, -0.1) is 0 Å². The van der Waals surface area contributed by atoms with Crippen molar-refractivity contribution < 1.29 is 4.74 Å². The molecular formula is C9H15BrN4O. The molecule has 1 aromatic rings. The summed E-state index contributed by atoms with van der Waals surface area (Å²) in [4.78, 5) is 10.4. The van der Waals surface area contributed by atoms with Crippen molar-refractivity contribution in [2.75, 3.05) is 44.6 Å². The highest BCUT2D eigenvalue weighted by Gasteiger charge is 2.08. The van der Waals surface area contributed by atoms with Crippen molar-refractivity contribution in [2.24, 2.45) is 0 Å². The van der Waals surface area contributed by atoms with Crippen molar-refractivity contribution in [3.63, 3.8) is 0 Å². The molecule has 0 radical (unpaired) electrons. The molecule has 0 aliphatic heterocycles. The summed E-state index contributed by atoms with van der Waals surface area (Å²) in [6.45, 7) is 1.46. The fourth-order valence-electron chi connectivity index (χ4n) is 1.08. The average molecular weight is 275 g/mol. The molecule has 1 N–H and O–H groups in total. The van der Waals surface area contributed by atoms with Crippen LogP contribution in [0.1, 0.15) is 0 Å². The molecule has 0 aromatic carbocycles. The van der Waals surface area contributed by atoms with Gasteiger partial charge in [-0.1, -0.05) is 0 Å². The van der Waals surface area contributed by atoms with Crippen LogP contribution < -0.4 is 10.2 Å². The molecule has 15 heavy (non-hydrogen) atoms. The molecule has 6 heteroatoms. The van der Waals surface area contributed by atoms with Crippen molar-refractivity contribution in [3.05, 3.63) is 10.7 Å². The number of aromatic nitrogens is 2. The van der Waals surface area contributed by atoms with E-state index in [0.717, 1.165) is 16.8 Å². The van der Waals surface area contributed by atoms with Gasteiger partial charge in [-0.05, 0) is 15.9 Å². The topological polar surface area (TPSA) is 50.3 Å². The molecule has 0 amide bonds. The highest BCUT2D eigenvalue weighted by Crippen LogP contribution is 2.22. The van der Waals surface area contributed by atoms with E-state index in [1.165, 1.54) is 0 Å². The Bertz CT molecular complexity index is 321. The Morgan fingerprint density at radius 1 is 1.60 bits per heavy atom. The predicted octanol–water partition coefficient (Wildman–Crippen LogP) is 1.36. The van der Waals surface area contributed by atoms with E-state index in [-0.39, 0.29) is 0 Å². The molecule has 0 saturated heterocycles. The number of anilines is 2. The molecule has 0 aliphatic rings. The molecule has 0 spiro atoms. The second kappa shape index (κ2) is 5.87. The maximum absolute atomic E-state index is 5.01. The molecule has 0 fully saturated rings. The van der Waals surface area contributed by atoms with E-state index in [1.54, 1.807) is 20.4 Å². The molecule has 0 bridgehead atoms. The number of likely N-dealkylation sites (N-methyl/N-ethyl adjacent to an activating group) is 1. The molecular weight excluding hydrogens is 260 g/mol. The monoisotopic (exact) mass is 274 g/mol. The zero-order valence-corrected chi connectivity index (χ0v) is 10.7. The molecule has 5 nitrogen and oxygen atoms in total. The van der Waals surface area contributed by atoms with Gasteiger partial charge in [0.1, 0.15) is 5.82 Å². The van der Waals surface area contributed by atoms with Crippen LogP contribution in [0.3, 0.4) is 0 Å². The molecule has 1 heterocycles. The first-order chi connectivity index (χ1) is 7.19. The Morgan fingerprint density at radius 2 is 2.33 bits per heavy atom. The van der Waals surface area contributed by atoms with Crippen LogP contribution in [0.25, 0.3) is 0 Å². The van der Waals surface area contributed by atoms with Gasteiger partial charge in [0.05, 0.1) is 11.1 Å². The van der Waals surface area contributed by atoms with Crippen LogP contribution in [-0.2, 0) is 4.74 Å². The molecule has 0 unspecified atom stereocenters. The standard InChI is InChI=1S/C9H15BrN4O/c1-11-9-12-6-7(10)8(13-9)14(2)4-5-15-3/h6H,4-5H2,1-3H3,(H,11,12,13). The van der Waals surface area contributed by atoms with Gasteiger partial charge in [-0.3, -0.25) is 0 Å². The van der Waals surface area contributed by atoms with Crippen molar-refractivity contribution in [1.29, 1.82) is 0 Å². The number of nitrogens with zero attached hydrogens (tertiary/aromatic N) is 3. The van der Waals surface area contributed by atoms with Gasteiger partial charge in [0.25, 0.3) is 0 Å². The van der Waals surface area contributed by atoms with E-state index in [9.17, 15) is 0 Å². The lowest BCUT2D eigenvalue weighted by molar-refractivity contribution is 0.206. The van der Waals surface area contributed by atoms with Crippen molar-refractivity contribution >= 4 is 27.7 Å². The summed E-state index contributed by atoms with van der Waals surface area (Å²) in [7, 11) is 5.44. The Morgan fingerprint density at radius 3 is 2.93 bits per heavy atom. The van der Waals surface area contributed by atoms with Crippen molar-refractivity contribution in [2.45, 2.75) is 0 Å². The summed E-state index contributed by atoms with van der Waals surface area (Å²) >= 11 is 3.42. The van der Waals surface area contributed by atoms with Gasteiger partial charge in [0.2, 0.25) is 5.95 Å². The molecule has 1 rings (SSSR count). The molecule has 0 aliphatic carbocycles. The van der Waals surface area contributed by atoms with E-state index in [2.05, 4.69) is 31.2 Å². The number of nitrogens with one attached hydrogen (secondary N) is 1. The van der Waals surface area contributed by atoms with Crippen molar-refractivity contribution in [1.82, 2.24) is 9.97 Å². The largest absolute Gasteiger partial charge is 0.383 e. The Balaban J connectivity index is 2.81. The fraction of sp³-hybridized carbons (Fsp3) is 0.556. The number of hydrogen-bond acceptors (Lipinski definition) is 5. The zero-order chi connectivity index (χ0) is 11.3. The first kappa shape index (κ1) is 12.2. The number of rotatable bonds is 5. The van der Waals surface area contributed by atoms with Gasteiger partial charge in [-0.2, -0.15) is 4.98 Å². The predicted molar refractivity (Wildman–Crippen MR) is 64.4 cm³/mol. The smallest absolute Gasteiger partial charge is 0.224 e. The summed E-state index contributed by atoms with van der Waals surface area (Å²) in [6, 6.07) is 0. The minimum absolute atomic E-state index is 0.609. The van der Waals surface area contributed by atoms with E-state index < -0.39 is 0 Å². The summed E-state index contributed by atoms with van der Waals surface area (Å²) in [5.74, 6) is 1.46. The summed E-state index contributed by atoms with van der Waals surface area (Å²) in [5.41, 5.74) is 0. The number of halogens is 1. The third kappa shape index (κ3) is 3.32. The maximum atomic E-state index is 5.01. The van der Waals surface area contributed by atoms with Gasteiger partial charge in [0, 0.05) is 33.9 Å². The SMILES string of the molecule is CNc1ncc(Br)c(N(C)CCOC)n1. The molecule has 84 valence electrons. The lowest BCUT2D eigenvalue weighted by Crippen LogP contribution is -2.23. The second-order valence-corrected chi connectivity index (χ2v) is 3.88. The Kier molecular flexibility index (Phi) is 4.77. The number of methoxy groups -OCH3 is 1. The van der Waals surface area contributed by atoms with Gasteiger partial charge in [-0.25, -0.2) is 4.98 Å². The van der Waals surface area contributed by atoms with E-state index >= 15 is 0 Å². The molecule has 1 aromatic heterocycles. The van der Waals surface area contributed by atoms with Crippen LogP contribution in [0.15, 0.2) is 10.7 Å². The average Bonchev–Trinajstić information content (AvgIpc) is 2.26. The Labute approximate surface area is 98.0 Å². The first-order valence-corrected chi connectivity index (χ1v) is 5.38. The normalized spacial score (nSPS) is 10.1. The lowest BCUT2D eigenvalue weighted by atomic mass is 10.5. The van der Waals surface area contributed by atoms with Crippen LogP contribution in [0.2, 0.25) is 0 Å². The fourth-order valence-corrected chi connectivity index (χ4v) is 1.57. The number of ether oxygens (including phenoxy) is 1. The summed E-state index contributed by atoms with van der Waals surface area (Å²) in [5, 5.41) is 2.90. The van der Waals surface area contributed by atoms with Gasteiger partial charge < -0.3 is 15.0 Å². The van der Waals surface area contributed by atoms with E-state index in [4.69, 9.17) is 4.74 Å². The quantitative estimate of drug-likeness (QED) is 0.879. The third-order valence-electron chi connectivity index (χ3n) is 1.94. The molecule has 0 atom stereocenters. The minimum atomic E-state index is 0.609. The molecule has 0 saturated carbocycles. The van der Waals surface area contributed by atoms with Crippen LogP contribution in [0, 0.1) is 0 Å². The summed E-state index contributed by atoms with van der Waals surface area (Å²) < 4.78 is 5.89. The summed E-state index contributed by atoms with van der Waals surface area (Å²) in [6.07, 6.45) is 1.73.